The fourth-order valence-electron chi connectivity index (χ4n) is 2.05. The minimum absolute atomic E-state index is 0.0397. The standard InChI is InChI=1S/C15H28N2O2S2/c1-6-12(4)7-13(5)17-21(18,19)15-8-14(20-10-15)9-16-11(2)3/h8,10-13,16-17H,6-7,9H2,1-5H3. The molecule has 0 saturated heterocycles. The fraction of sp³-hybridized carbons (Fsp3) is 0.733. The van der Waals surface area contributed by atoms with E-state index in [0.29, 0.717) is 23.4 Å². The predicted octanol–water partition coefficient (Wildman–Crippen LogP) is 3.35. The molecule has 0 radical (unpaired) electrons. The molecule has 0 bridgehead atoms. The van der Waals surface area contributed by atoms with Crippen molar-refractivity contribution in [3.05, 3.63) is 16.3 Å². The lowest BCUT2D eigenvalue weighted by Crippen LogP contribution is -2.33. The molecule has 4 nitrogen and oxygen atoms in total. The summed E-state index contributed by atoms with van der Waals surface area (Å²) in [5.74, 6) is 0.524. The van der Waals surface area contributed by atoms with Gasteiger partial charge in [-0.3, -0.25) is 0 Å². The number of hydrogen-bond donors (Lipinski definition) is 2. The zero-order valence-corrected chi connectivity index (χ0v) is 15.3. The van der Waals surface area contributed by atoms with Gasteiger partial charge in [0.2, 0.25) is 10.0 Å². The van der Waals surface area contributed by atoms with Crippen LogP contribution in [0.1, 0.15) is 52.3 Å². The van der Waals surface area contributed by atoms with Gasteiger partial charge in [-0.2, -0.15) is 0 Å². The number of hydrogen-bond acceptors (Lipinski definition) is 4. The van der Waals surface area contributed by atoms with Crippen molar-refractivity contribution in [2.45, 2.75) is 71.0 Å². The van der Waals surface area contributed by atoms with Crippen molar-refractivity contribution in [3.8, 4) is 0 Å². The molecule has 21 heavy (non-hydrogen) atoms. The van der Waals surface area contributed by atoms with Gasteiger partial charge in [-0.15, -0.1) is 11.3 Å². The van der Waals surface area contributed by atoms with Gasteiger partial charge in [-0.05, 0) is 25.3 Å². The van der Waals surface area contributed by atoms with Crippen molar-refractivity contribution in [1.82, 2.24) is 10.0 Å². The molecular weight excluding hydrogens is 304 g/mol. The van der Waals surface area contributed by atoms with Gasteiger partial charge in [0.15, 0.2) is 0 Å². The van der Waals surface area contributed by atoms with E-state index in [2.05, 4.69) is 37.7 Å². The normalized spacial score (nSPS) is 15.3. The van der Waals surface area contributed by atoms with Gasteiger partial charge in [0.1, 0.15) is 0 Å². The summed E-state index contributed by atoms with van der Waals surface area (Å²) in [6, 6.07) is 2.11. The highest BCUT2D eigenvalue weighted by atomic mass is 32.2. The lowest BCUT2D eigenvalue weighted by molar-refractivity contribution is 0.445. The summed E-state index contributed by atoms with van der Waals surface area (Å²) in [5.41, 5.74) is 0. The molecule has 0 aliphatic rings. The smallest absolute Gasteiger partial charge is 0.241 e. The fourth-order valence-corrected chi connectivity index (χ4v) is 4.53. The molecule has 2 unspecified atom stereocenters. The highest BCUT2D eigenvalue weighted by molar-refractivity contribution is 7.89. The van der Waals surface area contributed by atoms with Crippen molar-refractivity contribution in [2.75, 3.05) is 0 Å². The molecule has 1 aromatic rings. The Balaban J connectivity index is 2.66. The summed E-state index contributed by atoms with van der Waals surface area (Å²) in [4.78, 5) is 1.42. The lowest BCUT2D eigenvalue weighted by atomic mass is 10.0. The first-order valence-corrected chi connectivity index (χ1v) is 9.94. The third kappa shape index (κ3) is 6.46. The summed E-state index contributed by atoms with van der Waals surface area (Å²) in [5, 5.41) is 5.01. The van der Waals surface area contributed by atoms with Gasteiger partial charge in [0.25, 0.3) is 0 Å². The molecule has 0 fully saturated rings. The van der Waals surface area contributed by atoms with E-state index in [4.69, 9.17) is 0 Å². The first-order chi connectivity index (χ1) is 9.74. The molecule has 2 atom stereocenters. The van der Waals surface area contributed by atoms with E-state index in [9.17, 15) is 8.42 Å². The first-order valence-electron chi connectivity index (χ1n) is 7.57. The van der Waals surface area contributed by atoms with Crippen LogP contribution >= 0.6 is 11.3 Å². The second-order valence-corrected chi connectivity index (χ2v) is 8.77. The van der Waals surface area contributed by atoms with E-state index in [-0.39, 0.29) is 6.04 Å². The minimum atomic E-state index is -3.40. The maximum absolute atomic E-state index is 12.3. The number of rotatable bonds is 9. The molecule has 0 aromatic carbocycles. The van der Waals surface area contributed by atoms with Crippen molar-refractivity contribution in [1.29, 1.82) is 0 Å². The van der Waals surface area contributed by atoms with Crippen LogP contribution in [-0.4, -0.2) is 20.5 Å². The van der Waals surface area contributed by atoms with Crippen molar-refractivity contribution >= 4 is 21.4 Å². The van der Waals surface area contributed by atoms with Gasteiger partial charge in [-0.1, -0.05) is 34.1 Å². The van der Waals surface area contributed by atoms with Crippen LogP contribution in [0.5, 0.6) is 0 Å². The second-order valence-electron chi connectivity index (χ2n) is 6.06. The van der Waals surface area contributed by atoms with E-state index in [0.717, 1.165) is 17.7 Å². The van der Waals surface area contributed by atoms with Crippen LogP contribution in [0.25, 0.3) is 0 Å². The summed E-state index contributed by atoms with van der Waals surface area (Å²) in [6.45, 7) is 11.0. The molecule has 0 aliphatic carbocycles. The number of nitrogens with one attached hydrogen (secondary N) is 2. The van der Waals surface area contributed by atoms with Crippen LogP contribution in [0, 0.1) is 5.92 Å². The van der Waals surface area contributed by atoms with Gasteiger partial charge in [0, 0.05) is 28.9 Å². The molecule has 0 aliphatic heterocycles. The topological polar surface area (TPSA) is 58.2 Å². The van der Waals surface area contributed by atoms with E-state index < -0.39 is 10.0 Å². The Morgan fingerprint density at radius 3 is 2.48 bits per heavy atom. The van der Waals surface area contributed by atoms with E-state index in [1.165, 1.54) is 11.3 Å². The molecule has 1 aromatic heterocycles. The van der Waals surface area contributed by atoms with Gasteiger partial charge < -0.3 is 5.32 Å². The molecular formula is C15H28N2O2S2. The summed E-state index contributed by atoms with van der Waals surface area (Å²) in [6.07, 6.45) is 1.93. The van der Waals surface area contributed by atoms with Crippen LogP contribution < -0.4 is 10.0 Å². The summed E-state index contributed by atoms with van der Waals surface area (Å²) >= 11 is 1.48. The molecule has 2 N–H and O–H groups in total. The summed E-state index contributed by atoms with van der Waals surface area (Å²) in [7, 11) is -3.40. The highest BCUT2D eigenvalue weighted by Gasteiger charge is 2.20. The van der Waals surface area contributed by atoms with E-state index >= 15 is 0 Å². The third-order valence-electron chi connectivity index (χ3n) is 3.43. The number of thiophene rings is 1. The molecule has 0 amide bonds. The van der Waals surface area contributed by atoms with Crippen molar-refractivity contribution in [2.24, 2.45) is 5.92 Å². The average Bonchev–Trinajstić information content (AvgIpc) is 2.84. The molecule has 6 heteroatoms. The zero-order chi connectivity index (χ0) is 16.0. The minimum Gasteiger partial charge on any atom is -0.310 e. The molecule has 0 saturated carbocycles. The largest absolute Gasteiger partial charge is 0.310 e. The maximum Gasteiger partial charge on any atom is 0.241 e. The Morgan fingerprint density at radius 1 is 1.24 bits per heavy atom. The Hall–Kier alpha value is -0.430. The molecule has 1 rings (SSSR count). The Bertz CT molecular complexity index is 524. The Kier molecular flexibility index (Phi) is 7.33. The zero-order valence-electron chi connectivity index (χ0n) is 13.6. The van der Waals surface area contributed by atoms with Crippen LogP contribution in [0.3, 0.4) is 0 Å². The van der Waals surface area contributed by atoms with Crippen molar-refractivity contribution < 1.29 is 8.42 Å². The predicted molar refractivity (Wildman–Crippen MR) is 90.2 cm³/mol. The van der Waals surface area contributed by atoms with Crippen molar-refractivity contribution in [3.63, 3.8) is 0 Å². The maximum atomic E-state index is 12.3. The van der Waals surface area contributed by atoms with Crippen LogP contribution in [-0.2, 0) is 16.6 Å². The Labute approximate surface area is 133 Å². The van der Waals surface area contributed by atoms with Crippen LogP contribution in [0.15, 0.2) is 16.3 Å². The Morgan fingerprint density at radius 2 is 1.90 bits per heavy atom. The van der Waals surface area contributed by atoms with E-state index in [1.54, 1.807) is 11.4 Å². The highest BCUT2D eigenvalue weighted by Crippen LogP contribution is 2.20. The third-order valence-corrected chi connectivity index (χ3v) is 6.09. The van der Waals surface area contributed by atoms with Gasteiger partial charge >= 0.3 is 0 Å². The molecule has 122 valence electrons. The summed E-state index contributed by atoms with van der Waals surface area (Å²) < 4.78 is 27.5. The molecule has 0 spiro atoms. The monoisotopic (exact) mass is 332 g/mol. The van der Waals surface area contributed by atoms with Gasteiger partial charge in [0.05, 0.1) is 4.90 Å². The number of sulfonamides is 1. The molecule has 1 heterocycles. The van der Waals surface area contributed by atoms with Crippen LogP contribution in [0.2, 0.25) is 0 Å². The lowest BCUT2D eigenvalue weighted by Gasteiger charge is -2.17. The van der Waals surface area contributed by atoms with Crippen LogP contribution in [0.4, 0.5) is 0 Å². The van der Waals surface area contributed by atoms with E-state index in [1.807, 2.05) is 6.92 Å². The second kappa shape index (κ2) is 8.27. The van der Waals surface area contributed by atoms with Gasteiger partial charge in [-0.25, -0.2) is 13.1 Å². The quantitative estimate of drug-likeness (QED) is 0.729. The SMILES string of the molecule is CCC(C)CC(C)NS(=O)(=O)c1csc(CNC(C)C)c1. The average molecular weight is 333 g/mol. The first kappa shape index (κ1) is 18.6.